The highest BCUT2D eigenvalue weighted by Gasteiger charge is 2.19. The van der Waals surface area contributed by atoms with Gasteiger partial charge in [-0.1, -0.05) is 55.7 Å². The maximum absolute atomic E-state index is 6.13. The lowest BCUT2D eigenvalue weighted by molar-refractivity contribution is 0.184. The van der Waals surface area contributed by atoms with Gasteiger partial charge in [-0.15, -0.1) is 0 Å². The summed E-state index contributed by atoms with van der Waals surface area (Å²) in [6.45, 7) is 3.09. The van der Waals surface area contributed by atoms with Crippen molar-refractivity contribution in [3.05, 3.63) is 48.0 Å². The Morgan fingerprint density at radius 1 is 0.857 bits per heavy atom. The van der Waals surface area contributed by atoms with Gasteiger partial charge in [-0.3, -0.25) is 4.90 Å². The van der Waals surface area contributed by atoms with Crippen molar-refractivity contribution >= 4 is 10.8 Å². The molecule has 1 unspecified atom stereocenters. The molecule has 1 heterocycles. The van der Waals surface area contributed by atoms with Crippen LogP contribution in [0.5, 0.6) is 0 Å². The Balaban J connectivity index is 1.85. The molecule has 1 aliphatic heterocycles. The Morgan fingerprint density at radius 3 is 2.24 bits per heavy atom. The van der Waals surface area contributed by atoms with E-state index >= 15 is 0 Å². The fourth-order valence-corrected chi connectivity index (χ4v) is 3.49. The van der Waals surface area contributed by atoms with Crippen molar-refractivity contribution in [1.29, 1.82) is 0 Å². The number of nitrogens with zero attached hydrogens (tertiary/aromatic N) is 1. The molecule has 0 aliphatic carbocycles. The first-order chi connectivity index (χ1) is 10.4. The van der Waals surface area contributed by atoms with Crippen molar-refractivity contribution < 1.29 is 0 Å². The van der Waals surface area contributed by atoms with Crippen LogP contribution >= 0.6 is 0 Å². The first-order valence-corrected chi connectivity index (χ1v) is 8.31. The molecule has 21 heavy (non-hydrogen) atoms. The van der Waals surface area contributed by atoms with Gasteiger partial charge in [-0.2, -0.15) is 0 Å². The van der Waals surface area contributed by atoms with E-state index in [1.54, 1.807) is 0 Å². The zero-order chi connectivity index (χ0) is 14.5. The maximum atomic E-state index is 6.13. The van der Waals surface area contributed by atoms with Crippen LogP contribution in [-0.2, 0) is 0 Å². The highest BCUT2D eigenvalue weighted by molar-refractivity contribution is 5.83. The Kier molecular flexibility index (Phi) is 4.89. The minimum atomic E-state index is 0.368. The molecule has 0 aromatic heterocycles. The number of hydrogen-bond acceptors (Lipinski definition) is 2. The van der Waals surface area contributed by atoms with E-state index in [0.29, 0.717) is 12.6 Å². The minimum absolute atomic E-state index is 0.368. The van der Waals surface area contributed by atoms with Gasteiger partial charge in [0.15, 0.2) is 0 Å². The molecule has 112 valence electrons. The molecule has 0 bridgehead atoms. The molecule has 1 fully saturated rings. The molecule has 0 radical (unpaired) electrons. The van der Waals surface area contributed by atoms with Crippen molar-refractivity contribution in [3.63, 3.8) is 0 Å². The molecule has 2 heteroatoms. The van der Waals surface area contributed by atoms with E-state index in [9.17, 15) is 0 Å². The zero-order valence-corrected chi connectivity index (χ0v) is 12.8. The van der Waals surface area contributed by atoms with E-state index in [1.165, 1.54) is 61.5 Å². The fourth-order valence-electron chi connectivity index (χ4n) is 3.49. The lowest BCUT2D eigenvalue weighted by atomic mass is 9.99. The Morgan fingerprint density at radius 2 is 1.52 bits per heavy atom. The highest BCUT2D eigenvalue weighted by Crippen LogP contribution is 2.26. The summed E-state index contributed by atoms with van der Waals surface area (Å²) in [6.07, 6.45) is 6.75. The summed E-state index contributed by atoms with van der Waals surface area (Å²) in [4.78, 5) is 2.60. The molecule has 1 saturated heterocycles. The second-order valence-electron chi connectivity index (χ2n) is 6.16. The summed E-state index contributed by atoms with van der Waals surface area (Å²) in [5.74, 6) is 0. The van der Waals surface area contributed by atoms with E-state index in [4.69, 9.17) is 5.73 Å². The van der Waals surface area contributed by atoms with Crippen LogP contribution in [0.4, 0.5) is 0 Å². The monoisotopic (exact) mass is 282 g/mol. The number of fused-ring (bicyclic) bond motifs is 1. The average molecular weight is 282 g/mol. The van der Waals surface area contributed by atoms with Crippen LogP contribution in [0.3, 0.4) is 0 Å². The molecular formula is C19H26N2. The summed E-state index contributed by atoms with van der Waals surface area (Å²) in [6, 6.07) is 15.8. The van der Waals surface area contributed by atoms with E-state index < -0.39 is 0 Å². The molecule has 1 aliphatic rings. The van der Waals surface area contributed by atoms with E-state index in [0.717, 1.165) is 0 Å². The SMILES string of the molecule is NCC(c1ccc2ccccc2c1)N1CCCCCCC1. The lowest BCUT2D eigenvalue weighted by Gasteiger charge is -2.32. The summed E-state index contributed by atoms with van der Waals surface area (Å²) < 4.78 is 0. The van der Waals surface area contributed by atoms with Gasteiger partial charge in [-0.25, -0.2) is 0 Å². The van der Waals surface area contributed by atoms with Gasteiger partial charge < -0.3 is 5.73 Å². The van der Waals surface area contributed by atoms with Crippen LogP contribution < -0.4 is 5.73 Å². The summed E-state index contributed by atoms with van der Waals surface area (Å²) >= 11 is 0. The third-order valence-electron chi connectivity index (χ3n) is 4.71. The predicted octanol–water partition coefficient (Wildman–Crippen LogP) is 4.11. The van der Waals surface area contributed by atoms with Gasteiger partial charge in [0.05, 0.1) is 0 Å². The van der Waals surface area contributed by atoms with Crippen molar-refractivity contribution in [1.82, 2.24) is 4.90 Å². The minimum Gasteiger partial charge on any atom is -0.329 e. The Bertz CT molecular complexity index is 571. The highest BCUT2D eigenvalue weighted by atomic mass is 15.2. The number of likely N-dealkylation sites (tertiary alicyclic amines) is 1. The molecule has 0 spiro atoms. The zero-order valence-electron chi connectivity index (χ0n) is 12.8. The lowest BCUT2D eigenvalue weighted by Crippen LogP contribution is -2.36. The molecule has 3 rings (SSSR count). The first kappa shape index (κ1) is 14.6. The summed E-state index contributed by atoms with van der Waals surface area (Å²) in [7, 11) is 0. The van der Waals surface area contributed by atoms with Crippen LogP contribution in [0.25, 0.3) is 10.8 Å². The third-order valence-corrected chi connectivity index (χ3v) is 4.71. The largest absolute Gasteiger partial charge is 0.329 e. The molecular weight excluding hydrogens is 256 g/mol. The van der Waals surface area contributed by atoms with Crippen LogP contribution in [0.15, 0.2) is 42.5 Å². The smallest absolute Gasteiger partial charge is 0.0470 e. The van der Waals surface area contributed by atoms with Crippen LogP contribution in [0.2, 0.25) is 0 Å². The number of hydrogen-bond donors (Lipinski definition) is 1. The average Bonchev–Trinajstić information content (AvgIpc) is 2.49. The molecule has 2 aromatic rings. The predicted molar refractivity (Wildman–Crippen MR) is 90.4 cm³/mol. The normalized spacial score (nSPS) is 19.1. The number of rotatable bonds is 3. The molecule has 2 N–H and O–H groups in total. The van der Waals surface area contributed by atoms with Gasteiger partial charge >= 0.3 is 0 Å². The van der Waals surface area contributed by atoms with Crippen LogP contribution in [0, 0.1) is 0 Å². The van der Waals surface area contributed by atoms with Gasteiger partial charge in [0.25, 0.3) is 0 Å². The van der Waals surface area contributed by atoms with Crippen LogP contribution in [0.1, 0.15) is 43.7 Å². The van der Waals surface area contributed by atoms with Crippen molar-refractivity contribution in [2.45, 2.75) is 38.1 Å². The topological polar surface area (TPSA) is 29.3 Å². The Hall–Kier alpha value is -1.38. The molecule has 0 amide bonds. The quantitative estimate of drug-likeness (QED) is 0.918. The molecule has 0 saturated carbocycles. The summed E-state index contributed by atoms with van der Waals surface area (Å²) in [5, 5.41) is 2.63. The fraction of sp³-hybridized carbons (Fsp3) is 0.474. The first-order valence-electron chi connectivity index (χ1n) is 8.31. The number of benzene rings is 2. The Labute approximate surface area is 127 Å². The second-order valence-corrected chi connectivity index (χ2v) is 6.16. The molecule has 2 nitrogen and oxygen atoms in total. The number of nitrogens with two attached hydrogens (primary N) is 1. The molecule has 2 aromatic carbocycles. The van der Waals surface area contributed by atoms with Gasteiger partial charge in [-0.05, 0) is 48.3 Å². The van der Waals surface area contributed by atoms with Gasteiger partial charge in [0.1, 0.15) is 0 Å². The van der Waals surface area contributed by atoms with Gasteiger partial charge in [0, 0.05) is 12.6 Å². The summed E-state index contributed by atoms with van der Waals surface area (Å²) in [5.41, 5.74) is 7.50. The van der Waals surface area contributed by atoms with E-state index in [-0.39, 0.29) is 0 Å². The molecule has 1 atom stereocenters. The van der Waals surface area contributed by atoms with E-state index in [1.807, 2.05) is 0 Å². The van der Waals surface area contributed by atoms with Crippen molar-refractivity contribution in [2.75, 3.05) is 19.6 Å². The van der Waals surface area contributed by atoms with Crippen molar-refractivity contribution in [2.24, 2.45) is 5.73 Å². The second kappa shape index (κ2) is 7.06. The maximum Gasteiger partial charge on any atom is 0.0470 e. The standard InChI is InChI=1S/C19H26N2/c20-15-19(21-12-6-2-1-3-7-13-21)18-11-10-16-8-4-5-9-17(16)14-18/h4-5,8-11,14,19H,1-3,6-7,12-13,15,20H2. The third kappa shape index (κ3) is 3.45. The van der Waals surface area contributed by atoms with E-state index in [2.05, 4.69) is 47.4 Å². The van der Waals surface area contributed by atoms with Gasteiger partial charge in [0.2, 0.25) is 0 Å². The van der Waals surface area contributed by atoms with Crippen LogP contribution in [-0.4, -0.2) is 24.5 Å². The van der Waals surface area contributed by atoms with Crippen molar-refractivity contribution in [3.8, 4) is 0 Å².